The molecule has 1 aliphatic rings. The molecule has 27 heavy (non-hydrogen) atoms. The Morgan fingerprint density at radius 2 is 2.00 bits per heavy atom. The van der Waals surface area contributed by atoms with E-state index in [2.05, 4.69) is 17.1 Å². The molecule has 1 aromatic heterocycles. The molecule has 3 aromatic rings. The Labute approximate surface area is 158 Å². The molecular weight excluding hydrogens is 340 g/mol. The quantitative estimate of drug-likeness (QED) is 0.719. The van der Waals surface area contributed by atoms with E-state index in [4.69, 9.17) is 9.47 Å². The lowest BCUT2D eigenvalue weighted by atomic mass is 10.0. The summed E-state index contributed by atoms with van der Waals surface area (Å²) in [4.78, 5) is 18.1. The van der Waals surface area contributed by atoms with Gasteiger partial charge in [-0.25, -0.2) is 0 Å². The van der Waals surface area contributed by atoms with E-state index in [9.17, 15) is 4.79 Å². The Kier molecular flexibility index (Phi) is 4.59. The Hall–Kier alpha value is -3.21. The summed E-state index contributed by atoms with van der Waals surface area (Å²) in [5, 5.41) is 1.20. The SMILES string of the molecule is COc1ccc(/C=C/C(=O)N2CCc3[nH]c4ccccc4c3C2)c(OC)c1. The van der Waals surface area contributed by atoms with Crippen molar-refractivity contribution in [2.75, 3.05) is 20.8 Å². The molecule has 0 spiro atoms. The van der Waals surface area contributed by atoms with Gasteiger partial charge < -0.3 is 19.4 Å². The van der Waals surface area contributed by atoms with Crippen LogP contribution in [-0.2, 0) is 17.8 Å². The smallest absolute Gasteiger partial charge is 0.246 e. The first-order valence-corrected chi connectivity index (χ1v) is 8.97. The maximum atomic E-state index is 12.7. The van der Waals surface area contributed by atoms with Crippen LogP contribution in [0.1, 0.15) is 16.8 Å². The molecule has 2 aromatic carbocycles. The molecular formula is C22H22N2O3. The van der Waals surface area contributed by atoms with Crippen molar-refractivity contribution >= 4 is 22.9 Å². The zero-order valence-electron chi connectivity index (χ0n) is 15.5. The summed E-state index contributed by atoms with van der Waals surface area (Å²) in [7, 11) is 3.22. The summed E-state index contributed by atoms with van der Waals surface area (Å²) >= 11 is 0. The van der Waals surface area contributed by atoms with Crippen LogP contribution in [0.3, 0.4) is 0 Å². The van der Waals surface area contributed by atoms with Gasteiger partial charge in [0, 0.05) is 59.4 Å². The average molecular weight is 362 g/mol. The van der Waals surface area contributed by atoms with Crippen LogP contribution >= 0.6 is 0 Å². The zero-order chi connectivity index (χ0) is 18.8. The van der Waals surface area contributed by atoms with Crippen LogP contribution in [0.2, 0.25) is 0 Å². The third kappa shape index (κ3) is 3.28. The Morgan fingerprint density at radius 1 is 1.15 bits per heavy atom. The second kappa shape index (κ2) is 7.19. The van der Waals surface area contributed by atoms with Gasteiger partial charge in [0.25, 0.3) is 0 Å². The molecule has 1 amide bonds. The largest absolute Gasteiger partial charge is 0.497 e. The minimum absolute atomic E-state index is 0.00352. The maximum Gasteiger partial charge on any atom is 0.246 e. The number of carbonyl (C=O) groups excluding carboxylic acids is 1. The lowest BCUT2D eigenvalue weighted by molar-refractivity contribution is -0.126. The van der Waals surface area contributed by atoms with Crippen LogP contribution in [0.25, 0.3) is 17.0 Å². The highest BCUT2D eigenvalue weighted by Gasteiger charge is 2.22. The molecule has 5 heteroatoms. The van der Waals surface area contributed by atoms with Gasteiger partial charge in [-0.1, -0.05) is 18.2 Å². The average Bonchev–Trinajstić information content (AvgIpc) is 3.09. The molecule has 0 saturated carbocycles. The van der Waals surface area contributed by atoms with Crippen LogP contribution in [-0.4, -0.2) is 36.6 Å². The Bertz CT molecular complexity index is 1020. The minimum atomic E-state index is 0.00352. The monoisotopic (exact) mass is 362 g/mol. The van der Waals surface area contributed by atoms with Gasteiger partial charge in [-0.05, 0) is 24.3 Å². The fraction of sp³-hybridized carbons (Fsp3) is 0.227. The van der Waals surface area contributed by atoms with Gasteiger partial charge in [0.05, 0.1) is 14.2 Å². The highest BCUT2D eigenvalue weighted by atomic mass is 16.5. The van der Waals surface area contributed by atoms with Gasteiger partial charge in [-0.3, -0.25) is 4.79 Å². The van der Waals surface area contributed by atoms with Crippen molar-refractivity contribution in [1.29, 1.82) is 0 Å². The number of fused-ring (bicyclic) bond motifs is 3. The van der Waals surface area contributed by atoms with E-state index in [1.807, 2.05) is 35.2 Å². The van der Waals surface area contributed by atoms with Crippen LogP contribution in [0.15, 0.2) is 48.5 Å². The van der Waals surface area contributed by atoms with Gasteiger partial charge in [0.1, 0.15) is 11.5 Å². The van der Waals surface area contributed by atoms with Crippen LogP contribution in [0.4, 0.5) is 0 Å². The van der Waals surface area contributed by atoms with E-state index in [1.165, 1.54) is 16.6 Å². The summed E-state index contributed by atoms with van der Waals surface area (Å²) in [5.74, 6) is 1.40. The highest BCUT2D eigenvalue weighted by Crippen LogP contribution is 2.28. The fourth-order valence-electron chi connectivity index (χ4n) is 3.58. The fourth-order valence-corrected chi connectivity index (χ4v) is 3.58. The highest BCUT2D eigenvalue weighted by molar-refractivity contribution is 5.93. The molecule has 5 nitrogen and oxygen atoms in total. The number of amides is 1. The number of nitrogens with one attached hydrogen (secondary N) is 1. The number of H-pyrrole nitrogens is 1. The Morgan fingerprint density at radius 3 is 2.81 bits per heavy atom. The summed E-state index contributed by atoms with van der Waals surface area (Å²) in [6.07, 6.45) is 4.25. The van der Waals surface area contributed by atoms with Gasteiger partial charge in [-0.2, -0.15) is 0 Å². The zero-order valence-corrected chi connectivity index (χ0v) is 15.5. The predicted octanol–water partition coefficient (Wildman–Crippen LogP) is 3.78. The third-order valence-corrected chi connectivity index (χ3v) is 5.04. The molecule has 0 radical (unpaired) electrons. The molecule has 1 N–H and O–H groups in total. The van der Waals surface area contributed by atoms with Crippen molar-refractivity contribution in [2.24, 2.45) is 0 Å². The maximum absolute atomic E-state index is 12.7. The summed E-state index contributed by atoms with van der Waals surface area (Å²) in [5.41, 5.74) is 4.44. The van der Waals surface area contributed by atoms with E-state index in [-0.39, 0.29) is 5.91 Å². The molecule has 0 bridgehead atoms. The number of ether oxygens (including phenoxy) is 2. The number of nitrogens with zero attached hydrogens (tertiary/aromatic N) is 1. The van der Waals surface area contributed by atoms with E-state index >= 15 is 0 Å². The number of carbonyl (C=O) groups is 1. The number of aromatic nitrogens is 1. The molecule has 1 aliphatic heterocycles. The van der Waals surface area contributed by atoms with Crippen molar-refractivity contribution in [2.45, 2.75) is 13.0 Å². The number of rotatable bonds is 4. The molecule has 138 valence electrons. The van der Waals surface area contributed by atoms with Crippen molar-refractivity contribution in [3.63, 3.8) is 0 Å². The molecule has 0 fully saturated rings. The molecule has 0 atom stereocenters. The standard InChI is InChI=1S/C22H22N2O3/c1-26-16-9-7-15(21(13-16)27-2)8-10-22(25)24-12-11-20-18(14-24)17-5-3-4-6-19(17)23-20/h3-10,13,23H,11-12,14H2,1-2H3/b10-8+. The minimum Gasteiger partial charge on any atom is -0.497 e. The Balaban J connectivity index is 1.53. The van der Waals surface area contributed by atoms with Gasteiger partial charge in [-0.15, -0.1) is 0 Å². The molecule has 4 rings (SSSR count). The van der Waals surface area contributed by atoms with Crippen LogP contribution in [0.5, 0.6) is 11.5 Å². The molecule has 0 aliphatic carbocycles. The van der Waals surface area contributed by atoms with E-state index < -0.39 is 0 Å². The van der Waals surface area contributed by atoms with E-state index in [0.717, 1.165) is 23.3 Å². The molecule has 2 heterocycles. The lowest BCUT2D eigenvalue weighted by Crippen LogP contribution is -2.34. The molecule has 0 saturated heterocycles. The van der Waals surface area contributed by atoms with E-state index in [1.54, 1.807) is 26.4 Å². The second-order valence-electron chi connectivity index (χ2n) is 6.58. The van der Waals surface area contributed by atoms with Gasteiger partial charge >= 0.3 is 0 Å². The summed E-state index contributed by atoms with van der Waals surface area (Å²) in [6, 6.07) is 13.8. The number of hydrogen-bond donors (Lipinski definition) is 1. The topological polar surface area (TPSA) is 54.6 Å². The van der Waals surface area contributed by atoms with Crippen molar-refractivity contribution in [3.05, 3.63) is 65.4 Å². The number of aromatic amines is 1. The predicted molar refractivity (Wildman–Crippen MR) is 106 cm³/mol. The van der Waals surface area contributed by atoms with Crippen molar-refractivity contribution in [1.82, 2.24) is 9.88 Å². The van der Waals surface area contributed by atoms with Crippen molar-refractivity contribution < 1.29 is 14.3 Å². The van der Waals surface area contributed by atoms with Crippen LogP contribution < -0.4 is 9.47 Å². The number of para-hydroxylation sites is 1. The first-order valence-electron chi connectivity index (χ1n) is 8.97. The first-order chi connectivity index (χ1) is 13.2. The van der Waals surface area contributed by atoms with Crippen molar-refractivity contribution in [3.8, 4) is 11.5 Å². The normalized spacial score (nSPS) is 13.8. The first kappa shape index (κ1) is 17.2. The van der Waals surface area contributed by atoms with Gasteiger partial charge in [0.15, 0.2) is 0 Å². The van der Waals surface area contributed by atoms with E-state index in [0.29, 0.717) is 18.8 Å². The second-order valence-corrected chi connectivity index (χ2v) is 6.58. The van der Waals surface area contributed by atoms with Gasteiger partial charge in [0.2, 0.25) is 5.91 Å². The lowest BCUT2D eigenvalue weighted by Gasteiger charge is -2.26. The van der Waals surface area contributed by atoms with Crippen LogP contribution in [0, 0.1) is 0 Å². The number of hydrogen-bond acceptors (Lipinski definition) is 3. The molecule has 0 unspecified atom stereocenters. The summed E-state index contributed by atoms with van der Waals surface area (Å²) < 4.78 is 10.6. The number of methoxy groups -OCH3 is 2. The third-order valence-electron chi connectivity index (χ3n) is 5.04. The summed E-state index contributed by atoms with van der Waals surface area (Å²) in [6.45, 7) is 1.34. The number of benzene rings is 2.